The van der Waals surface area contributed by atoms with E-state index >= 15 is 0 Å². The summed E-state index contributed by atoms with van der Waals surface area (Å²) in [5.41, 5.74) is 17.8. The van der Waals surface area contributed by atoms with Crippen LogP contribution in [-0.2, 0) is 10.8 Å². The van der Waals surface area contributed by atoms with Crippen molar-refractivity contribution in [3.8, 4) is 33.4 Å². The molecule has 9 aromatic carbocycles. The minimum atomic E-state index is -0.497. The minimum absolute atomic E-state index is 0.107. The molecule has 0 amide bonds. The molecule has 0 aromatic heterocycles. The van der Waals surface area contributed by atoms with Crippen molar-refractivity contribution in [2.24, 2.45) is 0 Å². The summed E-state index contributed by atoms with van der Waals surface area (Å²) in [5.74, 6) is 0. The van der Waals surface area contributed by atoms with Gasteiger partial charge in [-0.05, 0) is 109 Å². The average Bonchev–Trinajstić information content (AvgIpc) is 3.61. The van der Waals surface area contributed by atoms with E-state index in [2.05, 4.69) is 255 Å². The highest BCUT2D eigenvalue weighted by Crippen LogP contribution is 2.58. The summed E-state index contributed by atoms with van der Waals surface area (Å²) in [4.78, 5) is 2.39. The lowest BCUT2D eigenvalue weighted by Gasteiger charge is -2.34. The molecule has 59 heavy (non-hydrogen) atoms. The lowest BCUT2D eigenvalue weighted by molar-refractivity contribution is 0.641. The molecule has 10 rings (SSSR count). The van der Waals surface area contributed by atoms with E-state index < -0.39 is 5.41 Å². The summed E-state index contributed by atoms with van der Waals surface area (Å²) < 4.78 is 0. The van der Waals surface area contributed by atoms with E-state index in [1.807, 2.05) is 0 Å². The van der Waals surface area contributed by atoms with Crippen molar-refractivity contribution in [3.05, 3.63) is 270 Å². The largest absolute Gasteiger partial charge is 0.310 e. The summed E-state index contributed by atoms with van der Waals surface area (Å²) in [7, 11) is 0. The predicted molar refractivity (Wildman–Crippen MR) is 248 cm³/mol. The number of fused-ring (bicyclic) bond motifs is 3. The summed E-state index contributed by atoms with van der Waals surface area (Å²) in [6, 6.07) is 86.7. The van der Waals surface area contributed by atoms with E-state index in [0.717, 1.165) is 17.1 Å². The fraction of sp³-hybridized carbons (Fsp3) is 0.0690. The zero-order valence-corrected chi connectivity index (χ0v) is 33.5. The molecule has 1 aliphatic rings. The van der Waals surface area contributed by atoms with Crippen LogP contribution < -0.4 is 4.90 Å². The third kappa shape index (κ3) is 6.27. The molecule has 282 valence electrons. The van der Waals surface area contributed by atoms with Crippen LogP contribution in [0.15, 0.2) is 237 Å². The second kappa shape index (κ2) is 14.9. The second-order valence-corrected chi connectivity index (χ2v) is 16.1. The molecule has 0 spiro atoms. The first kappa shape index (κ1) is 36.1. The van der Waals surface area contributed by atoms with Crippen LogP contribution in [-0.4, -0.2) is 0 Å². The van der Waals surface area contributed by atoms with E-state index in [9.17, 15) is 0 Å². The first-order valence-corrected chi connectivity index (χ1v) is 20.6. The fourth-order valence-electron chi connectivity index (χ4n) is 9.36. The number of nitrogens with zero attached hydrogens (tertiary/aromatic N) is 1. The molecule has 0 fully saturated rings. The summed E-state index contributed by atoms with van der Waals surface area (Å²) >= 11 is 0. The zero-order chi connectivity index (χ0) is 39.8. The first-order valence-electron chi connectivity index (χ1n) is 20.6. The maximum absolute atomic E-state index is 2.43. The molecule has 9 aromatic rings. The Kier molecular flexibility index (Phi) is 9.15. The second-order valence-electron chi connectivity index (χ2n) is 16.1. The Hall–Kier alpha value is -7.22. The van der Waals surface area contributed by atoms with Crippen molar-refractivity contribution in [2.75, 3.05) is 4.90 Å². The number of anilines is 3. The highest BCUT2D eigenvalue weighted by molar-refractivity contribution is 5.92. The highest BCUT2D eigenvalue weighted by atomic mass is 15.1. The maximum Gasteiger partial charge on any atom is 0.0713 e. The molecular weight excluding hydrogens is 711 g/mol. The predicted octanol–water partition coefficient (Wildman–Crippen LogP) is 15.2. The van der Waals surface area contributed by atoms with Crippen LogP contribution in [0.25, 0.3) is 33.4 Å². The third-order valence-corrected chi connectivity index (χ3v) is 12.5. The quantitative estimate of drug-likeness (QED) is 0.142. The van der Waals surface area contributed by atoms with Crippen LogP contribution in [0.3, 0.4) is 0 Å². The first-order chi connectivity index (χ1) is 29.0. The Morgan fingerprint density at radius 3 is 1.31 bits per heavy atom. The average molecular weight is 756 g/mol. The van der Waals surface area contributed by atoms with Gasteiger partial charge in [0, 0.05) is 22.5 Å². The lowest BCUT2D eigenvalue weighted by atomic mass is 9.67. The van der Waals surface area contributed by atoms with Crippen molar-refractivity contribution >= 4 is 17.1 Å². The van der Waals surface area contributed by atoms with Gasteiger partial charge in [0.05, 0.1) is 5.41 Å². The van der Waals surface area contributed by atoms with Gasteiger partial charge in [-0.15, -0.1) is 0 Å². The molecule has 0 bridgehead atoms. The van der Waals surface area contributed by atoms with Gasteiger partial charge in [0.1, 0.15) is 0 Å². The summed E-state index contributed by atoms with van der Waals surface area (Å²) in [6.45, 7) is 4.62. The van der Waals surface area contributed by atoms with Gasteiger partial charge in [-0.1, -0.05) is 208 Å². The fourth-order valence-corrected chi connectivity index (χ4v) is 9.36. The van der Waals surface area contributed by atoms with Crippen molar-refractivity contribution < 1.29 is 0 Å². The molecule has 0 unspecified atom stereocenters. The van der Waals surface area contributed by atoms with E-state index in [1.54, 1.807) is 0 Å². The van der Waals surface area contributed by atoms with Crippen LogP contribution >= 0.6 is 0 Å². The topological polar surface area (TPSA) is 3.24 Å². The molecular formula is C58H45N. The standard InChI is InChI=1S/C58H45N/c1-57(2,46-20-10-4-11-21-46)47-33-28-44(29-34-47)45-32-38-55-53(40-45)54-41-52(37-39-56(54)58(55,48-22-12-5-13-23-48)49-24-14-6-15-25-49)59(50-26-16-7-17-27-50)51-35-30-43(31-36-51)42-18-8-3-9-19-42/h3-41H,1-2H3. The zero-order valence-electron chi connectivity index (χ0n) is 33.5. The Morgan fingerprint density at radius 1 is 0.322 bits per heavy atom. The van der Waals surface area contributed by atoms with Gasteiger partial charge in [0.25, 0.3) is 0 Å². The maximum atomic E-state index is 2.43. The molecule has 1 heteroatoms. The highest BCUT2D eigenvalue weighted by Gasteiger charge is 2.46. The van der Waals surface area contributed by atoms with E-state index in [-0.39, 0.29) is 5.41 Å². The van der Waals surface area contributed by atoms with Crippen LogP contribution in [0.4, 0.5) is 17.1 Å². The van der Waals surface area contributed by atoms with Crippen molar-refractivity contribution in [3.63, 3.8) is 0 Å². The Morgan fingerprint density at radius 2 is 0.712 bits per heavy atom. The van der Waals surface area contributed by atoms with Gasteiger partial charge < -0.3 is 4.90 Å². The number of hydrogen-bond acceptors (Lipinski definition) is 1. The smallest absolute Gasteiger partial charge is 0.0713 e. The van der Waals surface area contributed by atoms with E-state index in [0.29, 0.717) is 0 Å². The summed E-state index contributed by atoms with van der Waals surface area (Å²) in [6.07, 6.45) is 0. The number of para-hydroxylation sites is 1. The Bertz CT molecular complexity index is 2810. The monoisotopic (exact) mass is 755 g/mol. The lowest BCUT2D eigenvalue weighted by Crippen LogP contribution is -2.28. The molecule has 0 radical (unpaired) electrons. The van der Waals surface area contributed by atoms with E-state index in [4.69, 9.17) is 0 Å². The van der Waals surface area contributed by atoms with Crippen LogP contribution in [0, 0.1) is 0 Å². The SMILES string of the molecule is CC(C)(c1ccccc1)c1ccc(-c2ccc3c(c2)-c2cc(N(c4ccccc4)c4ccc(-c5ccccc5)cc4)ccc2C3(c2ccccc2)c2ccccc2)cc1. The minimum Gasteiger partial charge on any atom is -0.310 e. The Balaban J connectivity index is 1.15. The normalized spacial score (nSPS) is 12.7. The summed E-state index contributed by atoms with van der Waals surface area (Å²) in [5, 5.41) is 0. The van der Waals surface area contributed by atoms with Crippen molar-refractivity contribution in [1.82, 2.24) is 0 Å². The van der Waals surface area contributed by atoms with Gasteiger partial charge in [-0.25, -0.2) is 0 Å². The van der Waals surface area contributed by atoms with Crippen LogP contribution in [0.1, 0.15) is 47.2 Å². The molecule has 0 atom stereocenters. The van der Waals surface area contributed by atoms with Crippen molar-refractivity contribution in [1.29, 1.82) is 0 Å². The number of rotatable bonds is 9. The molecule has 0 aliphatic heterocycles. The third-order valence-electron chi connectivity index (χ3n) is 12.5. The van der Waals surface area contributed by atoms with Gasteiger partial charge >= 0.3 is 0 Å². The molecule has 1 nitrogen and oxygen atoms in total. The molecule has 0 saturated heterocycles. The Labute approximate surface area is 348 Å². The molecule has 0 heterocycles. The number of benzene rings is 9. The van der Waals surface area contributed by atoms with Gasteiger partial charge in [0.15, 0.2) is 0 Å². The number of hydrogen-bond donors (Lipinski definition) is 0. The van der Waals surface area contributed by atoms with Gasteiger partial charge in [0.2, 0.25) is 0 Å². The molecule has 0 N–H and O–H groups in total. The van der Waals surface area contributed by atoms with Gasteiger partial charge in [-0.2, -0.15) is 0 Å². The van der Waals surface area contributed by atoms with Crippen LogP contribution in [0.5, 0.6) is 0 Å². The van der Waals surface area contributed by atoms with E-state index in [1.165, 1.54) is 66.8 Å². The van der Waals surface area contributed by atoms with Crippen molar-refractivity contribution in [2.45, 2.75) is 24.7 Å². The molecule has 0 saturated carbocycles. The molecule has 1 aliphatic carbocycles. The van der Waals surface area contributed by atoms with Gasteiger partial charge in [-0.3, -0.25) is 0 Å². The van der Waals surface area contributed by atoms with Crippen LogP contribution in [0.2, 0.25) is 0 Å².